The number of nitrogens with zero attached hydrogens (tertiary/aromatic N) is 4. The molecule has 2 aliphatic rings. The molecule has 7 heteroatoms. The highest BCUT2D eigenvalue weighted by atomic mass is 16.5. The number of benzene rings is 3. The first kappa shape index (κ1) is 26.9. The van der Waals surface area contributed by atoms with Crippen LogP contribution in [0.2, 0.25) is 0 Å². The van der Waals surface area contributed by atoms with E-state index in [-0.39, 0.29) is 11.9 Å². The second-order valence-corrected chi connectivity index (χ2v) is 10.5. The first-order valence-electron chi connectivity index (χ1n) is 13.6. The molecular weight excluding hydrogens is 488 g/mol. The Morgan fingerprint density at radius 2 is 1.64 bits per heavy atom. The summed E-state index contributed by atoms with van der Waals surface area (Å²) < 4.78 is 11.2. The first-order chi connectivity index (χ1) is 18.9. The maximum absolute atomic E-state index is 13.8. The number of carbonyl (C=O) groups is 1. The summed E-state index contributed by atoms with van der Waals surface area (Å²) in [5.74, 6) is 1.43. The van der Waals surface area contributed by atoms with E-state index in [1.807, 2.05) is 24.3 Å². The molecule has 5 rings (SSSR count). The predicted molar refractivity (Wildman–Crippen MR) is 154 cm³/mol. The van der Waals surface area contributed by atoms with Crippen molar-refractivity contribution in [3.63, 3.8) is 0 Å². The number of hydrogen-bond acceptors (Lipinski definition) is 6. The van der Waals surface area contributed by atoms with Gasteiger partial charge in [0.05, 0.1) is 32.5 Å². The Labute approximate surface area is 231 Å². The maximum Gasteiger partial charge on any atom is 0.257 e. The molecule has 1 saturated heterocycles. The van der Waals surface area contributed by atoms with Crippen LogP contribution in [0.3, 0.4) is 0 Å². The monoisotopic (exact) mass is 526 g/mol. The molecule has 2 heterocycles. The number of rotatable bonds is 8. The number of methoxy groups -OCH3 is 2. The molecule has 3 aromatic carbocycles. The summed E-state index contributed by atoms with van der Waals surface area (Å²) in [6.45, 7) is 9.06. The van der Waals surface area contributed by atoms with E-state index in [4.69, 9.17) is 14.6 Å². The zero-order valence-corrected chi connectivity index (χ0v) is 23.4. The second-order valence-electron chi connectivity index (χ2n) is 10.5. The fourth-order valence-corrected chi connectivity index (χ4v) is 5.50. The molecule has 1 amide bonds. The summed E-state index contributed by atoms with van der Waals surface area (Å²) in [7, 11) is 3.29. The van der Waals surface area contributed by atoms with Gasteiger partial charge in [-0.1, -0.05) is 48.0 Å². The molecule has 204 valence electrons. The summed E-state index contributed by atoms with van der Waals surface area (Å²) in [5.41, 5.74) is 6.61. The maximum atomic E-state index is 13.8. The molecule has 0 spiro atoms. The topological polar surface area (TPSA) is 57.6 Å². The van der Waals surface area contributed by atoms with Crippen molar-refractivity contribution in [2.24, 2.45) is 5.10 Å². The Morgan fingerprint density at radius 1 is 0.897 bits per heavy atom. The Bertz CT molecular complexity index is 1330. The summed E-state index contributed by atoms with van der Waals surface area (Å²) in [6.07, 6.45) is 0.629. The average Bonchev–Trinajstić information content (AvgIpc) is 3.41. The van der Waals surface area contributed by atoms with Crippen LogP contribution in [0.4, 0.5) is 0 Å². The van der Waals surface area contributed by atoms with Crippen LogP contribution < -0.4 is 9.47 Å². The van der Waals surface area contributed by atoms with Crippen LogP contribution in [0.25, 0.3) is 0 Å². The Kier molecular flexibility index (Phi) is 8.29. The lowest BCUT2D eigenvalue weighted by atomic mass is 9.94. The SMILES string of the molecule is COc1ccc([C@H]2CC(c3cc(C)ccc3C)=NN2C(=O)CN2CCN(Cc3ccccc3)CC2)c(OC)c1. The van der Waals surface area contributed by atoms with Gasteiger partial charge in [0.1, 0.15) is 11.5 Å². The fourth-order valence-electron chi connectivity index (χ4n) is 5.50. The van der Waals surface area contributed by atoms with E-state index < -0.39 is 0 Å². The van der Waals surface area contributed by atoms with Crippen LogP contribution >= 0.6 is 0 Å². The van der Waals surface area contributed by atoms with Crippen molar-refractivity contribution < 1.29 is 14.3 Å². The molecule has 0 saturated carbocycles. The lowest BCUT2D eigenvalue weighted by Crippen LogP contribution is -2.49. The lowest BCUT2D eigenvalue weighted by Gasteiger charge is -2.35. The number of amides is 1. The highest BCUT2D eigenvalue weighted by Gasteiger charge is 2.36. The van der Waals surface area contributed by atoms with E-state index in [9.17, 15) is 4.79 Å². The third-order valence-corrected chi connectivity index (χ3v) is 7.74. The minimum atomic E-state index is -0.243. The smallest absolute Gasteiger partial charge is 0.257 e. The number of carbonyl (C=O) groups excluding carboxylic acids is 1. The minimum Gasteiger partial charge on any atom is -0.497 e. The Morgan fingerprint density at radius 3 is 2.36 bits per heavy atom. The Hall–Kier alpha value is -3.68. The third kappa shape index (κ3) is 6.15. The molecule has 0 aliphatic carbocycles. The van der Waals surface area contributed by atoms with E-state index in [2.05, 4.69) is 66.1 Å². The zero-order chi connectivity index (χ0) is 27.4. The van der Waals surface area contributed by atoms with Crippen LogP contribution in [0, 0.1) is 13.8 Å². The van der Waals surface area contributed by atoms with Gasteiger partial charge in [-0.2, -0.15) is 5.10 Å². The van der Waals surface area contributed by atoms with Crippen molar-refractivity contribution in [2.45, 2.75) is 32.9 Å². The first-order valence-corrected chi connectivity index (χ1v) is 13.6. The van der Waals surface area contributed by atoms with Crippen molar-refractivity contribution in [3.05, 3.63) is 94.5 Å². The lowest BCUT2D eigenvalue weighted by molar-refractivity contribution is -0.134. The van der Waals surface area contributed by atoms with Crippen LogP contribution in [0.5, 0.6) is 11.5 Å². The molecule has 1 fully saturated rings. The quantitative estimate of drug-likeness (QED) is 0.422. The van der Waals surface area contributed by atoms with Crippen molar-refractivity contribution in [2.75, 3.05) is 46.9 Å². The van der Waals surface area contributed by atoms with E-state index in [1.165, 1.54) is 11.1 Å². The summed E-state index contributed by atoms with van der Waals surface area (Å²) in [4.78, 5) is 18.5. The number of piperazine rings is 1. The van der Waals surface area contributed by atoms with E-state index in [1.54, 1.807) is 19.2 Å². The standard InChI is InChI=1S/C32H38N4O3/c1-23-10-11-24(2)28(18-23)29-20-30(27-13-12-26(38-3)19-31(27)39-4)36(33-29)32(37)22-35-16-14-34(15-17-35)21-25-8-6-5-7-9-25/h5-13,18-19,30H,14-17,20-22H2,1-4H3/t30-/m1/s1. The predicted octanol–water partition coefficient (Wildman–Crippen LogP) is 4.82. The van der Waals surface area contributed by atoms with Crippen molar-refractivity contribution in [1.29, 1.82) is 0 Å². The summed E-state index contributed by atoms with van der Waals surface area (Å²) in [5, 5.41) is 6.64. The van der Waals surface area contributed by atoms with Gasteiger partial charge in [0.25, 0.3) is 5.91 Å². The molecule has 0 unspecified atom stereocenters. The van der Waals surface area contributed by atoms with Crippen molar-refractivity contribution in [3.8, 4) is 11.5 Å². The van der Waals surface area contributed by atoms with Gasteiger partial charge in [-0.05, 0) is 43.2 Å². The van der Waals surface area contributed by atoms with Crippen LogP contribution in [-0.4, -0.2) is 73.4 Å². The minimum absolute atomic E-state index is 0.00897. The largest absolute Gasteiger partial charge is 0.497 e. The van der Waals surface area contributed by atoms with Gasteiger partial charge in [-0.25, -0.2) is 5.01 Å². The second kappa shape index (κ2) is 12.0. The molecule has 2 aliphatic heterocycles. The molecule has 3 aromatic rings. The molecule has 0 N–H and O–H groups in total. The summed E-state index contributed by atoms with van der Waals surface area (Å²) in [6, 6.07) is 22.5. The fraction of sp³-hybridized carbons (Fsp3) is 0.375. The molecule has 0 aromatic heterocycles. The average molecular weight is 527 g/mol. The van der Waals surface area contributed by atoms with Gasteiger partial charge in [-0.15, -0.1) is 0 Å². The van der Waals surface area contributed by atoms with Crippen LogP contribution in [-0.2, 0) is 11.3 Å². The van der Waals surface area contributed by atoms with Gasteiger partial charge in [0, 0.05) is 56.3 Å². The molecule has 0 bridgehead atoms. The highest BCUT2D eigenvalue weighted by molar-refractivity contribution is 6.04. The number of ether oxygens (including phenoxy) is 2. The van der Waals surface area contributed by atoms with Crippen LogP contribution in [0.1, 0.15) is 40.3 Å². The summed E-state index contributed by atoms with van der Waals surface area (Å²) >= 11 is 0. The normalized spacial score (nSPS) is 18.2. The number of hydrazone groups is 1. The van der Waals surface area contributed by atoms with Gasteiger partial charge in [0.2, 0.25) is 0 Å². The van der Waals surface area contributed by atoms with Gasteiger partial charge >= 0.3 is 0 Å². The molecular formula is C32H38N4O3. The molecule has 7 nitrogen and oxygen atoms in total. The van der Waals surface area contributed by atoms with Gasteiger partial charge in [0.15, 0.2) is 0 Å². The van der Waals surface area contributed by atoms with Crippen molar-refractivity contribution in [1.82, 2.24) is 14.8 Å². The third-order valence-electron chi connectivity index (χ3n) is 7.74. The van der Waals surface area contributed by atoms with E-state index in [0.717, 1.165) is 60.9 Å². The molecule has 1 atom stereocenters. The molecule has 0 radical (unpaired) electrons. The van der Waals surface area contributed by atoms with Crippen LogP contribution in [0.15, 0.2) is 71.8 Å². The number of hydrogen-bond donors (Lipinski definition) is 0. The van der Waals surface area contributed by atoms with E-state index >= 15 is 0 Å². The van der Waals surface area contributed by atoms with E-state index in [0.29, 0.717) is 18.7 Å². The van der Waals surface area contributed by atoms with Gasteiger partial charge in [-0.3, -0.25) is 14.6 Å². The van der Waals surface area contributed by atoms with Crippen molar-refractivity contribution >= 4 is 11.6 Å². The van der Waals surface area contributed by atoms with Gasteiger partial charge < -0.3 is 9.47 Å². The number of aryl methyl sites for hydroxylation is 2. The molecule has 39 heavy (non-hydrogen) atoms. The zero-order valence-electron chi connectivity index (χ0n) is 23.4. The Balaban J connectivity index is 1.34. The highest BCUT2D eigenvalue weighted by Crippen LogP contribution is 2.39.